The molecule has 0 unspecified atom stereocenters. The Morgan fingerprint density at radius 1 is 1.06 bits per heavy atom. The number of thioether (sulfide) groups is 1. The monoisotopic (exact) mass is 443 g/mol. The Bertz CT molecular complexity index is 1240. The first-order valence-electron chi connectivity index (χ1n) is 10.8. The fourth-order valence-corrected chi connectivity index (χ4v) is 4.92. The second-order valence-electron chi connectivity index (χ2n) is 8.21. The summed E-state index contributed by atoms with van der Waals surface area (Å²) in [5.74, 6) is 1.32. The summed E-state index contributed by atoms with van der Waals surface area (Å²) in [6.45, 7) is 4.86. The van der Waals surface area contributed by atoms with Crippen molar-refractivity contribution in [3.8, 4) is 11.4 Å². The average molecular weight is 444 g/mol. The van der Waals surface area contributed by atoms with Crippen molar-refractivity contribution in [2.45, 2.75) is 44.4 Å². The van der Waals surface area contributed by atoms with Gasteiger partial charge in [-0.25, -0.2) is 0 Å². The number of carbonyl (C=O) groups excluding carboxylic acids is 1. The van der Waals surface area contributed by atoms with E-state index in [4.69, 9.17) is 0 Å². The van der Waals surface area contributed by atoms with Crippen LogP contribution >= 0.6 is 11.8 Å². The van der Waals surface area contributed by atoms with Crippen LogP contribution in [0.3, 0.4) is 0 Å². The second-order valence-corrected chi connectivity index (χ2v) is 9.15. The third-order valence-electron chi connectivity index (χ3n) is 5.91. The number of hydrogen-bond donors (Lipinski definition) is 0. The van der Waals surface area contributed by atoms with E-state index in [2.05, 4.69) is 43.4 Å². The Labute approximate surface area is 191 Å². The first-order valence-corrected chi connectivity index (χ1v) is 11.8. The first kappa shape index (κ1) is 20.7. The lowest BCUT2D eigenvalue weighted by Gasteiger charge is -2.10. The Kier molecular flexibility index (Phi) is 5.66. The van der Waals surface area contributed by atoms with Gasteiger partial charge in [-0.1, -0.05) is 42.1 Å². The van der Waals surface area contributed by atoms with Crippen LogP contribution in [-0.2, 0) is 6.54 Å². The molecule has 1 saturated carbocycles. The number of Topliss-reactive ketones (excluding diaryl/α,β-unsaturated/α-hetero) is 1. The predicted octanol–water partition coefficient (Wildman–Crippen LogP) is 5.12. The second kappa shape index (κ2) is 8.74. The highest BCUT2D eigenvalue weighted by Gasteiger charge is 2.30. The quantitative estimate of drug-likeness (QED) is 0.279. The summed E-state index contributed by atoms with van der Waals surface area (Å²) in [5, 5.41) is 9.66. The summed E-state index contributed by atoms with van der Waals surface area (Å²) >= 11 is 1.48. The van der Waals surface area contributed by atoms with E-state index in [0.29, 0.717) is 11.8 Å². The highest BCUT2D eigenvalue weighted by Crippen LogP contribution is 2.41. The van der Waals surface area contributed by atoms with E-state index < -0.39 is 0 Å². The van der Waals surface area contributed by atoms with E-state index in [9.17, 15) is 4.79 Å². The molecule has 32 heavy (non-hydrogen) atoms. The van der Waals surface area contributed by atoms with Gasteiger partial charge in [0.15, 0.2) is 16.8 Å². The van der Waals surface area contributed by atoms with Gasteiger partial charge in [-0.05, 0) is 50.5 Å². The molecular formula is C25H25N5OS. The maximum Gasteiger partial charge on any atom is 0.192 e. The van der Waals surface area contributed by atoms with Crippen molar-refractivity contribution >= 4 is 17.5 Å². The van der Waals surface area contributed by atoms with Gasteiger partial charge in [0.2, 0.25) is 0 Å². The van der Waals surface area contributed by atoms with E-state index in [1.54, 1.807) is 12.4 Å². The highest BCUT2D eigenvalue weighted by molar-refractivity contribution is 7.99. The van der Waals surface area contributed by atoms with Crippen molar-refractivity contribution in [2.24, 2.45) is 0 Å². The summed E-state index contributed by atoms with van der Waals surface area (Å²) < 4.78 is 4.40. The number of benzene rings is 1. The van der Waals surface area contributed by atoms with E-state index in [1.807, 2.05) is 43.3 Å². The number of hydrogen-bond acceptors (Lipinski definition) is 5. The minimum absolute atomic E-state index is 0.123. The van der Waals surface area contributed by atoms with Gasteiger partial charge in [0.1, 0.15) is 0 Å². The molecule has 0 radical (unpaired) electrons. The Morgan fingerprint density at radius 3 is 2.53 bits per heavy atom. The molecular weight excluding hydrogens is 418 g/mol. The van der Waals surface area contributed by atoms with Gasteiger partial charge >= 0.3 is 0 Å². The molecule has 0 saturated heterocycles. The number of aryl methyl sites for hydroxylation is 1. The SMILES string of the molecule is Cc1cc(C(=O)CSc2nnc(-c3ccncc3)n2C2CC2)c(C)n1Cc1ccccc1. The van der Waals surface area contributed by atoms with Crippen LogP contribution in [0.2, 0.25) is 0 Å². The molecule has 6 nitrogen and oxygen atoms in total. The maximum absolute atomic E-state index is 13.1. The lowest BCUT2D eigenvalue weighted by atomic mass is 10.2. The summed E-state index contributed by atoms with van der Waals surface area (Å²) in [7, 11) is 0. The number of aromatic nitrogens is 5. The summed E-state index contributed by atoms with van der Waals surface area (Å²) in [6.07, 6.45) is 5.78. The van der Waals surface area contributed by atoms with E-state index in [1.165, 1.54) is 17.3 Å². The molecule has 0 atom stereocenters. The van der Waals surface area contributed by atoms with Crippen LogP contribution in [0.1, 0.15) is 46.2 Å². The van der Waals surface area contributed by atoms with Crippen molar-refractivity contribution in [3.05, 3.63) is 83.4 Å². The van der Waals surface area contributed by atoms with Crippen LogP contribution < -0.4 is 0 Å². The van der Waals surface area contributed by atoms with E-state index in [0.717, 1.165) is 52.9 Å². The Balaban J connectivity index is 1.34. The van der Waals surface area contributed by atoms with Gasteiger partial charge in [0, 0.05) is 47.5 Å². The molecule has 0 N–H and O–H groups in total. The fraction of sp³-hybridized carbons (Fsp3) is 0.280. The molecule has 0 spiro atoms. The van der Waals surface area contributed by atoms with Gasteiger partial charge in [-0.3, -0.25) is 14.3 Å². The van der Waals surface area contributed by atoms with Crippen molar-refractivity contribution in [2.75, 3.05) is 5.75 Å². The smallest absolute Gasteiger partial charge is 0.192 e. The maximum atomic E-state index is 13.1. The third-order valence-corrected chi connectivity index (χ3v) is 6.85. The fourth-order valence-electron chi connectivity index (χ4n) is 4.04. The molecule has 1 aromatic carbocycles. The van der Waals surface area contributed by atoms with Crippen molar-refractivity contribution in [1.29, 1.82) is 0 Å². The molecule has 1 aliphatic rings. The molecule has 7 heteroatoms. The first-order chi connectivity index (χ1) is 15.6. The minimum atomic E-state index is 0.123. The summed E-state index contributed by atoms with van der Waals surface area (Å²) in [6, 6.07) is 16.7. The predicted molar refractivity (Wildman–Crippen MR) is 126 cm³/mol. The summed E-state index contributed by atoms with van der Waals surface area (Å²) in [5.41, 5.74) is 5.13. The number of carbonyl (C=O) groups is 1. The van der Waals surface area contributed by atoms with Gasteiger partial charge in [-0.15, -0.1) is 10.2 Å². The molecule has 1 aliphatic carbocycles. The zero-order chi connectivity index (χ0) is 22.1. The Hall–Kier alpha value is -3.19. The van der Waals surface area contributed by atoms with Crippen LogP contribution in [0.5, 0.6) is 0 Å². The molecule has 3 aromatic heterocycles. The largest absolute Gasteiger partial charge is 0.344 e. The standard InChI is InChI=1S/C25H25N5OS/c1-17-14-22(18(2)29(17)15-19-6-4-3-5-7-19)23(31)16-32-25-28-27-24(30(25)21-8-9-21)20-10-12-26-13-11-20/h3-7,10-14,21H,8-9,15-16H2,1-2H3. The van der Waals surface area contributed by atoms with Crippen LogP contribution in [0.25, 0.3) is 11.4 Å². The number of nitrogens with zero attached hydrogens (tertiary/aromatic N) is 5. The van der Waals surface area contributed by atoms with Crippen LogP contribution in [0.4, 0.5) is 0 Å². The molecule has 0 aliphatic heterocycles. The van der Waals surface area contributed by atoms with Gasteiger partial charge in [0.25, 0.3) is 0 Å². The molecule has 162 valence electrons. The Morgan fingerprint density at radius 2 is 1.81 bits per heavy atom. The lowest BCUT2D eigenvalue weighted by Crippen LogP contribution is -2.08. The van der Waals surface area contributed by atoms with Gasteiger partial charge in [0.05, 0.1) is 5.75 Å². The highest BCUT2D eigenvalue weighted by atomic mass is 32.2. The lowest BCUT2D eigenvalue weighted by molar-refractivity contribution is 0.102. The van der Waals surface area contributed by atoms with Crippen LogP contribution in [0.15, 0.2) is 66.1 Å². The topological polar surface area (TPSA) is 65.6 Å². The molecule has 4 aromatic rings. The average Bonchev–Trinajstić information content (AvgIpc) is 3.52. The molecule has 5 rings (SSSR count). The normalized spacial score (nSPS) is 13.4. The number of pyridine rings is 1. The van der Waals surface area contributed by atoms with Crippen molar-refractivity contribution in [1.82, 2.24) is 24.3 Å². The summed E-state index contributed by atoms with van der Waals surface area (Å²) in [4.78, 5) is 17.2. The molecule has 0 amide bonds. The van der Waals surface area contributed by atoms with Crippen molar-refractivity contribution in [3.63, 3.8) is 0 Å². The molecule has 0 bridgehead atoms. The number of ketones is 1. The van der Waals surface area contributed by atoms with E-state index in [-0.39, 0.29) is 5.78 Å². The van der Waals surface area contributed by atoms with Gasteiger partial charge in [-0.2, -0.15) is 0 Å². The third kappa shape index (κ3) is 4.12. The zero-order valence-corrected chi connectivity index (χ0v) is 19.0. The number of rotatable bonds is 8. The minimum Gasteiger partial charge on any atom is -0.344 e. The van der Waals surface area contributed by atoms with Crippen LogP contribution in [-0.4, -0.2) is 35.9 Å². The van der Waals surface area contributed by atoms with Gasteiger partial charge < -0.3 is 4.57 Å². The van der Waals surface area contributed by atoms with Crippen molar-refractivity contribution < 1.29 is 4.79 Å². The zero-order valence-electron chi connectivity index (χ0n) is 18.2. The molecule has 1 fully saturated rings. The molecule has 3 heterocycles. The van der Waals surface area contributed by atoms with Crippen LogP contribution in [0, 0.1) is 13.8 Å². The van der Waals surface area contributed by atoms with E-state index >= 15 is 0 Å².